The van der Waals surface area contributed by atoms with Crippen LogP contribution in [0.2, 0.25) is 10.0 Å². The first-order valence-corrected chi connectivity index (χ1v) is 9.98. The number of aromatic nitrogens is 4. The van der Waals surface area contributed by atoms with Crippen LogP contribution in [0, 0.1) is 0 Å². The molecule has 0 fully saturated rings. The van der Waals surface area contributed by atoms with E-state index in [-0.39, 0.29) is 0 Å². The zero-order chi connectivity index (χ0) is 18.1. The second-order valence-electron chi connectivity index (χ2n) is 5.84. The van der Waals surface area contributed by atoms with E-state index >= 15 is 0 Å². The van der Waals surface area contributed by atoms with Gasteiger partial charge in [-0.3, -0.25) is 0 Å². The molecular weight excluding hydrogens is 387 g/mol. The van der Waals surface area contributed by atoms with Gasteiger partial charge in [-0.25, -0.2) is 0 Å². The van der Waals surface area contributed by atoms with Gasteiger partial charge in [-0.05, 0) is 30.7 Å². The molecule has 1 N–H and O–H groups in total. The number of para-hydroxylation sites is 1. The van der Waals surface area contributed by atoms with Gasteiger partial charge in [0.25, 0.3) is 0 Å². The topological polar surface area (TPSA) is 46.5 Å². The molecule has 0 unspecified atom stereocenters. The number of halogens is 2. The van der Waals surface area contributed by atoms with E-state index in [1.165, 1.54) is 0 Å². The maximum Gasteiger partial charge on any atom is 0.191 e. The Kier molecular flexibility index (Phi) is 4.94. The molecule has 0 aliphatic heterocycles. The van der Waals surface area contributed by atoms with Crippen molar-refractivity contribution in [1.82, 2.24) is 19.7 Å². The summed E-state index contributed by atoms with van der Waals surface area (Å²) in [4.78, 5) is 3.30. The Morgan fingerprint density at radius 3 is 2.73 bits per heavy atom. The first-order chi connectivity index (χ1) is 12.7. The molecular formula is C19H16Cl2N4S. The molecule has 132 valence electrons. The average Bonchev–Trinajstić information content (AvgIpc) is 3.25. The molecule has 0 amide bonds. The lowest BCUT2D eigenvalue weighted by molar-refractivity contribution is 0.687. The van der Waals surface area contributed by atoms with Crippen molar-refractivity contribution in [1.29, 1.82) is 0 Å². The van der Waals surface area contributed by atoms with Gasteiger partial charge in [0.05, 0.1) is 10.0 Å². The summed E-state index contributed by atoms with van der Waals surface area (Å²) in [7, 11) is 0. The third kappa shape index (κ3) is 3.22. The van der Waals surface area contributed by atoms with E-state index < -0.39 is 0 Å². The highest BCUT2D eigenvalue weighted by Crippen LogP contribution is 2.31. The fourth-order valence-corrected chi connectivity index (χ4v) is 4.18. The van der Waals surface area contributed by atoms with Crippen molar-refractivity contribution in [3.8, 4) is 11.4 Å². The van der Waals surface area contributed by atoms with Crippen molar-refractivity contribution in [3.05, 3.63) is 64.3 Å². The third-order valence-electron chi connectivity index (χ3n) is 4.22. The smallest absolute Gasteiger partial charge is 0.191 e. The Labute approximate surface area is 165 Å². The first kappa shape index (κ1) is 17.5. The van der Waals surface area contributed by atoms with Gasteiger partial charge in [-0.15, -0.1) is 10.2 Å². The zero-order valence-corrected chi connectivity index (χ0v) is 16.4. The predicted octanol–water partition coefficient (Wildman–Crippen LogP) is 6.05. The quantitative estimate of drug-likeness (QED) is 0.413. The van der Waals surface area contributed by atoms with Crippen LogP contribution in [0.4, 0.5) is 0 Å². The molecule has 26 heavy (non-hydrogen) atoms. The fraction of sp³-hybridized carbons (Fsp3) is 0.158. The largest absolute Gasteiger partial charge is 0.360 e. The molecule has 0 bridgehead atoms. The molecule has 2 aromatic heterocycles. The molecule has 4 aromatic rings. The number of nitrogens with one attached hydrogen (secondary N) is 1. The van der Waals surface area contributed by atoms with Crippen LogP contribution in [0.25, 0.3) is 22.3 Å². The number of thioether (sulfide) groups is 1. The van der Waals surface area contributed by atoms with E-state index in [9.17, 15) is 0 Å². The second-order valence-corrected chi connectivity index (χ2v) is 7.59. The molecule has 0 atom stereocenters. The highest BCUT2D eigenvalue weighted by Gasteiger charge is 2.16. The maximum absolute atomic E-state index is 6.10. The van der Waals surface area contributed by atoms with Crippen molar-refractivity contribution in [2.45, 2.75) is 24.4 Å². The van der Waals surface area contributed by atoms with Crippen LogP contribution in [0.15, 0.2) is 53.8 Å². The van der Waals surface area contributed by atoms with Crippen molar-refractivity contribution < 1.29 is 0 Å². The number of hydrogen-bond donors (Lipinski definition) is 1. The lowest BCUT2D eigenvalue weighted by atomic mass is 10.1. The normalized spacial score (nSPS) is 11.3. The van der Waals surface area contributed by atoms with E-state index in [0.717, 1.165) is 45.3 Å². The summed E-state index contributed by atoms with van der Waals surface area (Å²) in [5, 5.41) is 12.0. The predicted molar refractivity (Wildman–Crippen MR) is 109 cm³/mol. The first-order valence-electron chi connectivity index (χ1n) is 8.23. The Balaban J connectivity index is 1.63. The van der Waals surface area contributed by atoms with Gasteiger partial charge in [0.15, 0.2) is 11.0 Å². The number of nitrogens with zero attached hydrogens (tertiary/aromatic N) is 3. The lowest BCUT2D eigenvalue weighted by Gasteiger charge is -2.07. The maximum atomic E-state index is 6.10. The minimum atomic E-state index is 0.568. The van der Waals surface area contributed by atoms with Crippen LogP contribution in [0.5, 0.6) is 0 Å². The van der Waals surface area contributed by atoms with Crippen LogP contribution in [0.1, 0.15) is 12.5 Å². The van der Waals surface area contributed by atoms with Crippen LogP contribution in [-0.4, -0.2) is 19.7 Å². The number of aromatic amines is 1. The summed E-state index contributed by atoms with van der Waals surface area (Å²) in [5.41, 5.74) is 3.26. The molecule has 4 nitrogen and oxygen atoms in total. The van der Waals surface area contributed by atoms with Gasteiger partial charge >= 0.3 is 0 Å². The summed E-state index contributed by atoms with van der Waals surface area (Å²) in [6, 6.07) is 13.9. The van der Waals surface area contributed by atoms with Crippen LogP contribution >= 0.6 is 35.0 Å². The Bertz CT molecular complexity index is 1070. The van der Waals surface area contributed by atoms with Crippen molar-refractivity contribution >= 4 is 45.9 Å². The number of benzene rings is 2. The SMILES string of the molecule is CCn1c(SCc2ccc(Cl)c(Cl)c2)nnc1-c1c[nH]c2ccccc12. The minimum absolute atomic E-state index is 0.568. The molecule has 0 saturated heterocycles. The molecule has 0 saturated carbocycles. The molecule has 2 heterocycles. The fourth-order valence-electron chi connectivity index (χ4n) is 2.91. The van der Waals surface area contributed by atoms with E-state index in [2.05, 4.69) is 38.8 Å². The van der Waals surface area contributed by atoms with E-state index in [1.54, 1.807) is 11.8 Å². The van der Waals surface area contributed by atoms with Gasteiger partial charge in [0, 0.05) is 35.0 Å². The Hall–Kier alpha value is -1.95. The number of hydrogen-bond acceptors (Lipinski definition) is 3. The minimum Gasteiger partial charge on any atom is -0.360 e. The highest BCUT2D eigenvalue weighted by atomic mass is 35.5. The lowest BCUT2D eigenvalue weighted by Crippen LogP contribution is -1.99. The molecule has 0 radical (unpaired) electrons. The molecule has 0 spiro atoms. The van der Waals surface area contributed by atoms with Crippen LogP contribution < -0.4 is 0 Å². The summed E-state index contributed by atoms with van der Waals surface area (Å²) in [5.74, 6) is 1.63. The second kappa shape index (κ2) is 7.35. The number of rotatable bonds is 5. The zero-order valence-electron chi connectivity index (χ0n) is 14.0. The van der Waals surface area contributed by atoms with Crippen molar-refractivity contribution in [3.63, 3.8) is 0 Å². The number of fused-ring (bicyclic) bond motifs is 1. The van der Waals surface area contributed by atoms with Crippen LogP contribution in [0.3, 0.4) is 0 Å². The summed E-state index contributed by atoms with van der Waals surface area (Å²) < 4.78 is 2.14. The van der Waals surface area contributed by atoms with E-state index in [1.807, 2.05) is 36.5 Å². The Morgan fingerprint density at radius 2 is 1.92 bits per heavy atom. The number of H-pyrrole nitrogens is 1. The van der Waals surface area contributed by atoms with Crippen molar-refractivity contribution in [2.75, 3.05) is 0 Å². The van der Waals surface area contributed by atoms with Crippen LogP contribution in [-0.2, 0) is 12.3 Å². The molecule has 2 aromatic carbocycles. The van der Waals surface area contributed by atoms with Gasteiger partial charge < -0.3 is 9.55 Å². The third-order valence-corrected chi connectivity index (χ3v) is 5.99. The van der Waals surface area contributed by atoms with Crippen molar-refractivity contribution in [2.24, 2.45) is 0 Å². The highest BCUT2D eigenvalue weighted by molar-refractivity contribution is 7.98. The summed E-state index contributed by atoms with van der Waals surface area (Å²) >= 11 is 13.7. The van der Waals surface area contributed by atoms with E-state index in [0.29, 0.717) is 10.0 Å². The molecule has 0 aliphatic rings. The van der Waals surface area contributed by atoms with E-state index in [4.69, 9.17) is 23.2 Å². The standard InChI is InChI=1S/C19H16Cl2N4S/c1-2-25-18(14-10-22-17-6-4-3-5-13(14)17)23-24-19(25)26-11-12-7-8-15(20)16(21)9-12/h3-10,22H,2,11H2,1H3. The monoisotopic (exact) mass is 402 g/mol. The molecule has 7 heteroatoms. The van der Waals surface area contributed by atoms with Gasteiger partial charge in [-0.2, -0.15) is 0 Å². The van der Waals surface area contributed by atoms with Gasteiger partial charge in [-0.1, -0.05) is 59.2 Å². The Morgan fingerprint density at radius 1 is 1.08 bits per heavy atom. The summed E-state index contributed by atoms with van der Waals surface area (Å²) in [6.07, 6.45) is 1.99. The van der Waals surface area contributed by atoms with Gasteiger partial charge in [0.1, 0.15) is 0 Å². The molecule has 4 rings (SSSR count). The van der Waals surface area contributed by atoms with Gasteiger partial charge in [0.2, 0.25) is 0 Å². The average molecular weight is 403 g/mol. The molecule has 0 aliphatic carbocycles. The summed E-state index contributed by atoms with van der Waals surface area (Å²) in [6.45, 7) is 2.90.